The third kappa shape index (κ3) is 3.87. The molecule has 1 aromatic rings. The number of hydrogen-bond acceptors (Lipinski definition) is 5. The largest absolute Gasteiger partial charge is 0.384 e. The highest BCUT2D eigenvalue weighted by atomic mass is 16.2. The molecule has 1 saturated carbocycles. The number of nitrogens with zero attached hydrogens (tertiary/aromatic N) is 2. The van der Waals surface area contributed by atoms with E-state index in [0.717, 1.165) is 25.7 Å². The SMILES string of the molecule is CCCc1nc(N)cc(NCC(=O)NC2CC2)n1. The molecule has 1 aliphatic carbocycles. The van der Waals surface area contributed by atoms with E-state index in [1.165, 1.54) is 0 Å². The van der Waals surface area contributed by atoms with Gasteiger partial charge in [-0.2, -0.15) is 0 Å². The number of nitrogen functional groups attached to an aromatic ring is 1. The molecule has 0 spiro atoms. The summed E-state index contributed by atoms with van der Waals surface area (Å²) in [7, 11) is 0. The van der Waals surface area contributed by atoms with Crippen molar-refractivity contribution in [1.29, 1.82) is 0 Å². The highest BCUT2D eigenvalue weighted by Crippen LogP contribution is 2.18. The highest BCUT2D eigenvalue weighted by molar-refractivity contribution is 5.81. The Kier molecular flexibility index (Phi) is 3.96. The van der Waals surface area contributed by atoms with Gasteiger partial charge >= 0.3 is 0 Å². The number of nitrogens with one attached hydrogen (secondary N) is 2. The summed E-state index contributed by atoms with van der Waals surface area (Å²) < 4.78 is 0. The fourth-order valence-electron chi connectivity index (χ4n) is 1.62. The highest BCUT2D eigenvalue weighted by Gasteiger charge is 2.22. The lowest BCUT2D eigenvalue weighted by atomic mass is 10.3. The van der Waals surface area contributed by atoms with Crippen LogP contribution in [0.4, 0.5) is 11.6 Å². The van der Waals surface area contributed by atoms with E-state index in [0.29, 0.717) is 23.5 Å². The Morgan fingerprint density at radius 1 is 1.50 bits per heavy atom. The molecule has 0 saturated heterocycles. The van der Waals surface area contributed by atoms with Crippen molar-refractivity contribution in [3.63, 3.8) is 0 Å². The second-order valence-electron chi connectivity index (χ2n) is 4.54. The molecule has 1 aromatic heterocycles. The molecule has 0 aliphatic heterocycles. The Morgan fingerprint density at radius 3 is 2.94 bits per heavy atom. The molecule has 4 N–H and O–H groups in total. The van der Waals surface area contributed by atoms with Crippen LogP contribution in [0.1, 0.15) is 32.0 Å². The predicted octanol–water partition coefficient (Wildman–Crippen LogP) is 0.702. The van der Waals surface area contributed by atoms with Gasteiger partial charge in [0.2, 0.25) is 5.91 Å². The number of anilines is 2. The van der Waals surface area contributed by atoms with Crippen molar-refractivity contribution in [2.24, 2.45) is 0 Å². The standard InChI is InChI=1S/C12H19N5O/c1-2-3-10-16-9(13)6-11(17-10)14-7-12(18)15-8-4-5-8/h6,8H,2-5,7H2,1H3,(H,15,18)(H3,13,14,16,17). The fraction of sp³-hybridized carbons (Fsp3) is 0.583. The number of rotatable bonds is 6. The predicted molar refractivity (Wildman–Crippen MR) is 70.1 cm³/mol. The molecule has 0 atom stereocenters. The zero-order valence-electron chi connectivity index (χ0n) is 10.6. The van der Waals surface area contributed by atoms with Gasteiger partial charge in [0.05, 0.1) is 6.54 Å². The van der Waals surface area contributed by atoms with Crippen molar-refractivity contribution in [2.75, 3.05) is 17.6 Å². The molecule has 6 nitrogen and oxygen atoms in total. The van der Waals surface area contributed by atoms with Gasteiger partial charge in [-0.1, -0.05) is 6.92 Å². The van der Waals surface area contributed by atoms with Crippen LogP contribution in [-0.2, 0) is 11.2 Å². The lowest BCUT2D eigenvalue weighted by molar-refractivity contribution is -0.119. The maximum absolute atomic E-state index is 11.5. The van der Waals surface area contributed by atoms with Gasteiger partial charge in [0.25, 0.3) is 0 Å². The molecule has 0 aromatic carbocycles. The van der Waals surface area contributed by atoms with Crippen molar-refractivity contribution in [2.45, 2.75) is 38.6 Å². The summed E-state index contributed by atoms with van der Waals surface area (Å²) >= 11 is 0. The summed E-state index contributed by atoms with van der Waals surface area (Å²) in [6.07, 6.45) is 3.93. The van der Waals surface area contributed by atoms with Crippen LogP contribution in [0.5, 0.6) is 0 Å². The molecule has 0 radical (unpaired) electrons. The summed E-state index contributed by atoms with van der Waals surface area (Å²) in [5, 5.41) is 5.88. The van der Waals surface area contributed by atoms with Crippen LogP contribution in [0.3, 0.4) is 0 Å². The first-order valence-electron chi connectivity index (χ1n) is 6.34. The second kappa shape index (κ2) is 5.66. The van der Waals surface area contributed by atoms with Gasteiger partial charge in [-0.05, 0) is 19.3 Å². The van der Waals surface area contributed by atoms with E-state index in [-0.39, 0.29) is 12.5 Å². The number of carbonyl (C=O) groups is 1. The number of aromatic nitrogens is 2. The fourth-order valence-corrected chi connectivity index (χ4v) is 1.62. The van der Waals surface area contributed by atoms with E-state index in [1.54, 1.807) is 6.07 Å². The second-order valence-corrected chi connectivity index (χ2v) is 4.54. The van der Waals surface area contributed by atoms with Gasteiger partial charge in [0.1, 0.15) is 17.5 Å². The minimum absolute atomic E-state index is 0.00766. The Morgan fingerprint density at radius 2 is 2.28 bits per heavy atom. The molecule has 1 heterocycles. The third-order valence-electron chi connectivity index (χ3n) is 2.64. The minimum atomic E-state index is -0.00766. The quantitative estimate of drug-likeness (QED) is 0.690. The van der Waals surface area contributed by atoms with Crippen molar-refractivity contribution >= 4 is 17.5 Å². The smallest absolute Gasteiger partial charge is 0.239 e. The molecule has 1 amide bonds. The van der Waals surface area contributed by atoms with Gasteiger partial charge in [0, 0.05) is 18.5 Å². The zero-order valence-corrected chi connectivity index (χ0v) is 10.6. The average molecular weight is 249 g/mol. The summed E-state index contributed by atoms with van der Waals surface area (Å²) in [5.41, 5.74) is 5.70. The maximum Gasteiger partial charge on any atom is 0.239 e. The number of aryl methyl sites for hydroxylation is 1. The third-order valence-corrected chi connectivity index (χ3v) is 2.64. The molecular formula is C12H19N5O. The molecule has 6 heteroatoms. The summed E-state index contributed by atoms with van der Waals surface area (Å²) in [6, 6.07) is 2.02. The molecule has 0 unspecified atom stereocenters. The lowest BCUT2D eigenvalue weighted by Gasteiger charge is -2.08. The molecule has 18 heavy (non-hydrogen) atoms. The monoisotopic (exact) mass is 249 g/mol. The van der Waals surface area contributed by atoms with Crippen LogP contribution >= 0.6 is 0 Å². The molecule has 1 fully saturated rings. The average Bonchev–Trinajstić information content (AvgIpc) is 3.10. The van der Waals surface area contributed by atoms with E-state index in [1.807, 2.05) is 0 Å². The van der Waals surface area contributed by atoms with Crippen LogP contribution in [-0.4, -0.2) is 28.5 Å². The first-order valence-corrected chi connectivity index (χ1v) is 6.34. The van der Waals surface area contributed by atoms with Gasteiger partial charge in [0.15, 0.2) is 0 Å². The Balaban J connectivity index is 1.88. The van der Waals surface area contributed by atoms with Crippen LogP contribution in [0.25, 0.3) is 0 Å². The van der Waals surface area contributed by atoms with E-state index in [9.17, 15) is 4.79 Å². The zero-order chi connectivity index (χ0) is 13.0. The van der Waals surface area contributed by atoms with Gasteiger partial charge in [-0.3, -0.25) is 4.79 Å². The Hall–Kier alpha value is -1.85. The van der Waals surface area contributed by atoms with Gasteiger partial charge < -0.3 is 16.4 Å². The molecule has 1 aliphatic rings. The summed E-state index contributed by atoms with van der Waals surface area (Å²) in [6.45, 7) is 2.28. The molecule has 98 valence electrons. The van der Waals surface area contributed by atoms with E-state index in [4.69, 9.17) is 5.73 Å². The topological polar surface area (TPSA) is 92.9 Å². The molecule has 0 bridgehead atoms. The normalized spacial score (nSPS) is 14.3. The van der Waals surface area contributed by atoms with E-state index >= 15 is 0 Å². The van der Waals surface area contributed by atoms with Crippen LogP contribution < -0.4 is 16.4 Å². The van der Waals surface area contributed by atoms with Crippen LogP contribution in [0.15, 0.2) is 6.07 Å². The van der Waals surface area contributed by atoms with Crippen molar-refractivity contribution in [1.82, 2.24) is 15.3 Å². The van der Waals surface area contributed by atoms with E-state index < -0.39 is 0 Å². The Bertz CT molecular complexity index is 430. The van der Waals surface area contributed by atoms with Gasteiger partial charge in [-0.15, -0.1) is 0 Å². The lowest BCUT2D eigenvalue weighted by Crippen LogP contribution is -2.31. The van der Waals surface area contributed by atoms with Crippen molar-refractivity contribution in [3.8, 4) is 0 Å². The van der Waals surface area contributed by atoms with Crippen molar-refractivity contribution in [3.05, 3.63) is 11.9 Å². The molecule has 2 rings (SSSR count). The summed E-state index contributed by atoms with van der Waals surface area (Å²) in [5.74, 6) is 1.74. The number of hydrogen-bond donors (Lipinski definition) is 3. The van der Waals surface area contributed by atoms with Gasteiger partial charge in [-0.25, -0.2) is 9.97 Å². The summed E-state index contributed by atoms with van der Waals surface area (Å²) in [4.78, 5) is 20.0. The first kappa shape index (κ1) is 12.6. The maximum atomic E-state index is 11.5. The van der Waals surface area contributed by atoms with E-state index in [2.05, 4.69) is 27.5 Å². The number of amides is 1. The first-order chi connectivity index (χ1) is 8.67. The van der Waals surface area contributed by atoms with Crippen LogP contribution in [0, 0.1) is 0 Å². The number of nitrogens with two attached hydrogens (primary N) is 1. The molecular weight excluding hydrogens is 230 g/mol. The van der Waals surface area contributed by atoms with Crippen LogP contribution in [0.2, 0.25) is 0 Å². The Labute approximate surface area is 106 Å². The van der Waals surface area contributed by atoms with Crippen molar-refractivity contribution < 1.29 is 4.79 Å². The minimum Gasteiger partial charge on any atom is -0.384 e. The number of carbonyl (C=O) groups excluding carboxylic acids is 1.